The van der Waals surface area contributed by atoms with E-state index in [9.17, 15) is 0 Å². The topological polar surface area (TPSA) is 3.24 Å². The molecule has 3 aliphatic rings. The van der Waals surface area contributed by atoms with Crippen LogP contribution in [0.4, 0.5) is 17.1 Å². The fourth-order valence-electron chi connectivity index (χ4n) is 10.3. The Morgan fingerprint density at radius 1 is 0.500 bits per heavy atom. The van der Waals surface area contributed by atoms with E-state index in [-0.39, 0.29) is 10.8 Å². The van der Waals surface area contributed by atoms with Crippen LogP contribution in [0, 0.1) is 0 Å². The molecule has 1 saturated carbocycles. The summed E-state index contributed by atoms with van der Waals surface area (Å²) in [6.45, 7) is 4.76. The van der Waals surface area contributed by atoms with Crippen molar-refractivity contribution < 1.29 is 0 Å². The van der Waals surface area contributed by atoms with E-state index in [2.05, 4.69) is 170 Å². The van der Waals surface area contributed by atoms with Crippen molar-refractivity contribution in [1.82, 2.24) is 0 Å². The molecule has 52 heavy (non-hydrogen) atoms. The Balaban J connectivity index is 1.10. The maximum absolute atomic E-state index is 2.55. The fraction of sp³-hybridized carbons (Fsp3) is 0.160. The lowest BCUT2D eigenvalue weighted by atomic mass is 9.76. The molecule has 0 unspecified atom stereocenters. The molecule has 1 fully saturated rings. The predicted molar refractivity (Wildman–Crippen MR) is 222 cm³/mol. The summed E-state index contributed by atoms with van der Waals surface area (Å²) in [7, 11) is 0. The van der Waals surface area contributed by atoms with Crippen LogP contribution in [0.15, 0.2) is 152 Å². The molecule has 8 aromatic rings. The predicted octanol–water partition coefficient (Wildman–Crippen LogP) is 14.3. The summed E-state index contributed by atoms with van der Waals surface area (Å²) in [4.78, 5) is 2.53. The molecule has 0 radical (unpaired) electrons. The highest BCUT2D eigenvalue weighted by atomic mass is 32.1. The van der Waals surface area contributed by atoms with Crippen molar-refractivity contribution in [3.05, 3.63) is 174 Å². The van der Waals surface area contributed by atoms with Crippen molar-refractivity contribution >= 4 is 48.6 Å². The molecule has 0 aliphatic heterocycles. The highest BCUT2D eigenvalue weighted by Gasteiger charge is 2.45. The molecule has 0 amide bonds. The minimum absolute atomic E-state index is 0.0684. The third-order valence-corrected chi connectivity index (χ3v) is 13.7. The summed E-state index contributed by atoms with van der Waals surface area (Å²) in [6, 6.07) is 57.5. The van der Waals surface area contributed by atoms with Gasteiger partial charge in [0.25, 0.3) is 0 Å². The van der Waals surface area contributed by atoms with E-state index >= 15 is 0 Å². The summed E-state index contributed by atoms with van der Waals surface area (Å²) >= 11 is 1.89. The van der Waals surface area contributed by atoms with Gasteiger partial charge >= 0.3 is 0 Å². The quantitative estimate of drug-likeness (QED) is 0.178. The molecule has 0 bridgehead atoms. The highest BCUT2D eigenvalue weighted by Crippen LogP contribution is 2.58. The monoisotopic (exact) mass is 685 g/mol. The zero-order valence-corrected chi connectivity index (χ0v) is 30.4. The van der Waals surface area contributed by atoms with Gasteiger partial charge in [-0.3, -0.25) is 0 Å². The number of hydrogen-bond donors (Lipinski definition) is 0. The first-order valence-corrected chi connectivity index (χ1v) is 19.6. The van der Waals surface area contributed by atoms with E-state index in [1.165, 1.54) is 119 Å². The third kappa shape index (κ3) is 4.10. The number of anilines is 3. The van der Waals surface area contributed by atoms with Crippen LogP contribution in [0.2, 0.25) is 0 Å². The lowest BCUT2D eigenvalue weighted by Gasteiger charge is -2.30. The number of nitrogens with zero attached hydrogens (tertiary/aromatic N) is 1. The van der Waals surface area contributed by atoms with E-state index in [0.29, 0.717) is 0 Å². The molecular weight excluding hydrogens is 647 g/mol. The molecule has 0 atom stereocenters. The van der Waals surface area contributed by atoms with E-state index in [1.54, 1.807) is 0 Å². The van der Waals surface area contributed by atoms with Gasteiger partial charge in [-0.2, -0.15) is 0 Å². The minimum atomic E-state index is -0.0684. The SMILES string of the molecule is CC1(C)c2ccccc2-c2cccc(-c3ccc(N(c4ccc5c(c4)C4(CCCC4)c4ccccc4-5)c4cccc5sc6ccccc6c45)cc3)c21. The van der Waals surface area contributed by atoms with Gasteiger partial charge < -0.3 is 4.90 Å². The number of rotatable bonds is 4. The Morgan fingerprint density at radius 2 is 1.12 bits per heavy atom. The van der Waals surface area contributed by atoms with E-state index < -0.39 is 0 Å². The van der Waals surface area contributed by atoms with Crippen LogP contribution in [0.25, 0.3) is 53.6 Å². The summed E-state index contributed by atoms with van der Waals surface area (Å²) < 4.78 is 2.65. The molecule has 1 aromatic heterocycles. The first kappa shape index (κ1) is 30.2. The fourth-order valence-corrected chi connectivity index (χ4v) is 11.5. The smallest absolute Gasteiger partial charge is 0.0554 e. The van der Waals surface area contributed by atoms with Gasteiger partial charge in [-0.15, -0.1) is 11.3 Å². The summed E-state index contributed by atoms with van der Waals surface area (Å²) in [6.07, 6.45) is 5.02. The molecule has 0 saturated heterocycles. The summed E-state index contributed by atoms with van der Waals surface area (Å²) in [5.41, 5.74) is 17.7. The second-order valence-corrected chi connectivity index (χ2v) is 16.7. The Kier molecular flexibility index (Phi) is 6.41. The second-order valence-electron chi connectivity index (χ2n) is 15.6. The molecule has 1 spiro atoms. The van der Waals surface area contributed by atoms with Crippen LogP contribution >= 0.6 is 11.3 Å². The molecule has 250 valence electrons. The third-order valence-electron chi connectivity index (χ3n) is 12.6. The molecule has 7 aromatic carbocycles. The van der Waals surface area contributed by atoms with Crippen molar-refractivity contribution in [3.63, 3.8) is 0 Å². The lowest BCUT2D eigenvalue weighted by molar-refractivity contribution is 0.550. The van der Waals surface area contributed by atoms with Crippen LogP contribution in [-0.2, 0) is 10.8 Å². The molecule has 3 aliphatic carbocycles. The van der Waals surface area contributed by atoms with Crippen LogP contribution in [0.1, 0.15) is 61.8 Å². The van der Waals surface area contributed by atoms with Gasteiger partial charge in [0.2, 0.25) is 0 Å². The standard InChI is InChI=1S/C50H39NS/c1-49(2)41-18-6-3-14-37(41)39-17-11-16-35(48(39)49)32-23-25-33(26-24-32)51(44-20-12-22-46-47(44)40-15-5-8-21-45(40)52-46)34-27-28-38-36-13-4-7-19-42(36)50(43(38)31-34)29-9-10-30-50/h3-8,11-28,31H,9-10,29-30H2,1-2H3. The second kappa shape index (κ2) is 11.0. The van der Waals surface area contributed by atoms with Crippen LogP contribution < -0.4 is 4.90 Å². The number of thiophene rings is 1. The first-order chi connectivity index (χ1) is 25.5. The first-order valence-electron chi connectivity index (χ1n) is 18.8. The number of fused-ring (bicyclic) bond motifs is 11. The Morgan fingerprint density at radius 3 is 1.94 bits per heavy atom. The largest absolute Gasteiger partial charge is 0.310 e. The van der Waals surface area contributed by atoms with E-state index in [0.717, 1.165) is 0 Å². The van der Waals surface area contributed by atoms with E-state index in [4.69, 9.17) is 0 Å². The average molecular weight is 686 g/mol. The van der Waals surface area contributed by atoms with Crippen molar-refractivity contribution in [2.24, 2.45) is 0 Å². The molecule has 1 nitrogen and oxygen atoms in total. The maximum Gasteiger partial charge on any atom is 0.0554 e. The molecular formula is C50H39NS. The van der Waals surface area contributed by atoms with Crippen LogP contribution in [0.5, 0.6) is 0 Å². The zero-order valence-electron chi connectivity index (χ0n) is 29.6. The average Bonchev–Trinajstić information content (AvgIpc) is 3.95. The van der Waals surface area contributed by atoms with Gasteiger partial charge in [0.1, 0.15) is 0 Å². The van der Waals surface area contributed by atoms with Gasteiger partial charge in [0.15, 0.2) is 0 Å². The lowest BCUT2D eigenvalue weighted by Crippen LogP contribution is -2.21. The van der Waals surface area contributed by atoms with Crippen molar-refractivity contribution in [1.29, 1.82) is 0 Å². The van der Waals surface area contributed by atoms with Gasteiger partial charge in [0.05, 0.1) is 5.69 Å². The van der Waals surface area contributed by atoms with Gasteiger partial charge in [0, 0.05) is 42.4 Å². The van der Waals surface area contributed by atoms with Crippen LogP contribution in [-0.4, -0.2) is 0 Å². The Hall–Kier alpha value is -5.44. The number of hydrogen-bond acceptors (Lipinski definition) is 2. The molecule has 11 rings (SSSR count). The molecule has 1 heterocycles. The zero-order chi connectivity index (χ0) is 34.6. The number of benzene rings is 7. The molecule has 2 heteroatoms. The van der Waals surface area contributed by atoms with Gasteiger partial charge in [-0.25, -0.2) is 0 Å². The highest BCUT2D eigenvalue weighted by molar-refractivity contribution is 7.26. The van der Waals surface area contributed by atoms with Gasteiger partial charge in [-0.1, -0.05) is 136 Å². The van der Waals surface area contributed by atoms with E-state index in [1.807, 2.05) is 11.3 Å². The van der Waals surface area contributed by atoms with Crippen LogP contribution in [0.3, 0.4) is 0 Å². The van der Waals surface area contributed by atoms with Crippen molar-refractivity contribution in [3.8, 4) is 33.4 Å². The normalized spacial score (nSPS) is 15.9. The van der Waals surface area contributed by atoms with Crippen molar-refractivity contribution in [2.45, 2.75) is 50.4 Å². The Labute approximate surface area is 309 Å². The van der Waals surface area contributed by atoms with Crippen molar-refractivity contribution in [2.75, 3.05) is 4.90 Å². The summed E-state index contributed by atoms with van der Waals surface area (Å²) in [5, 5.41) is 2.65. The minimum Gasteiger partial charge on any atom is -0.310 e. The van der Waals surface area contributed by atoms with Gasteiger partial charge in [-0.05, 0) is 111 Å². The summed E-state index contributed by atoms with van der Waals surface area (Å²) in [5.74, 6) is 0. The Bertz CT molecular complexity index is 2720. The molecule has 0 N–H and O–H groups in total. The maximum atomic E-state index is 2.55.